The van der Waals surface area contributed by atoms with E-state index in [0.29, 0.717) is 34.2 Å². The molecule has 0 spiro atoms. The highest BCUT2D eigenvalue weighted by Gasteiger charge is 2.43. The van der Waals surface area contributed by atoms with E-state index in [0.717, 1.165) is 0 Å². The number of carbonyl (C=O) groups excluding carboxylic acids is 2. The molecule has 4 unspecified atom stereocenters. The molecule has 0 saturated heterocycles. The van der Waals surface area contributed by atoms with E-state index in [1.165, 1.54) is 21.3 Å². The predicted octanol–water partition coefficient (Wildman–Crippen LogP) is 3.25. The third-order valence-corrected chi connectivity index (χ3v) is 6.49. The van der Waals surface area contributed by atoms with Gasteiger partial charge in [0.15, 0.2) is 0 Å². The van der Waals surface area contributed by atoms with Crippen molar-refractivity contribution < 1.29 is 38.4 Å². The largest absolute Gasteiger partial charge is 0.497 e. The van der Waals surface area contributed by atoms with Gasteiger partial charge in [-0.25, -0.2) is 4.79 Å². The number of aliphatic hydroxyl groups excluding tert-OH is 1. The number of hydrogen-bond donors (Lipinski definition) is 2. The van der Waals surface area contributed by atoms with Crippen molar-refractivity contribution in [1.82, 2.24) is 5.32 Å². The summed E-state index contributed by atoms with van der Waals surface area (Å²) in [6.45, 7) is 5.23. The number of allylic oxidation sites excluding steroid dienone is 1. The van der Waals surface area contributed by atoms with Crippen molar-refractivity contribution in [3.8, 4) is 29.1 Å². The summed E-state index contributed by atoms with van der Waals surface area (Å²) in [4.78, 5) is 30.5. The molecule has 0 aliphatic carbocycles. The normalized spacial score (nSPS) is 17.8. The summed E-state index contributed by atoms with van der Waals surface area (Å²) in [5.41, 5.74) is 1.57. The molecule has 1 aliphatic rings. The van der Waals surface area contributed by atoms with Crippen LogP contribution in [0.4, 0.5) is 0 Å². The topological polar surface area (TPSA) is 125 Å². The second-order valence-electron chi connectivity index (χ2n) is 9.20. The second kappa shape index (κ2) is 14.9. The minimum absolute atomic E-state index is 0.0606. The van der Waals surface area contributed by atoms with Crippen molar-refractivity contribution in [2.75, 3.05) is 34.5 Å². The Morgan fingerprint density at radius 1 is 1.05 bits per heavy atom. The summed E-state index contributed by atoms with van der Waals surface area (Å²) >= 11 is 0. The molecule has 218 valence electrons. The first-order valence-electron chi connectivity index (χ1n) is 13.0. The monoisotopic (exact) mass is 564 g/mol. The van der Waals surface area contributed by atoms with Crippen LogP contribution in [0.2, 0.25) is 0 Å². The average molecular weight is 565 g/mol. The molecule has 2 aromatic rings. The fraction of sp³-hybridized carbons (Fsp3) is 0.387. The summed E-state index contributed by atoms with van der Waals surface area (Å²) < 4.78 is 27.6. The number of hydrogen-bond acceptors (Lipinski definition) is 10. The maximum atomic E-state index is 13.0. The molecule has 0 radical (unpaired) electrons. The van der Waals surface area contributed by atoms with Crippen molar-refractivity contribution in [1.29, 1.82) is 0 Å². The molecule has 0 saturated carbocycles. The van der Waals surface area contributed by atoms with Gasteiger partial charge in [0, 0.05) is 29.4 Å². The lowest BCUT2D eigenvalue weighted by molar-refractivity contribution is -0.143. The molecule has 3 rings (SSSR count). The molecular formula is C31H36N2O8. The van der Waals surface area contributed by atoms with E-state index in [-0.39, 0.29) is 18.7 Å². The molecule has 0 aromatic heterocycles. The van der Waals surface area contributed by atoms with E-state index in [4.69, 9.17) is 23.7 Å². The molecule has 0 fully saturated rings. The van der Waals surface area contributed by atoms with E-state index in [1.54, 1.807) is 51.1 Å². The van der Waals surface area contributed by atoms with Crippen LogP contribution in [0.25, 0.3) is 0 Å². The zero-order chi connectivity index (χ0) is 29.9. The highest BCUT2D eigenvalue weighted by molar-refractivity contribution is 6.07. The number of aliphatic hydroxyl groups is 1. The Labute approximate surface area is 240 Å². The van der Waals surface area contributed by atoms with E-state index in [9.17, 15) is 14.7 Å². The number of methoxy groups -OCH3 is 3. The number of nitrogens with one attached hydrogen (secondary N) is 1. The number of ether oxygens (including phenoxy) is 5. The molecule has 4 atom stereocenters. The van der Waals surface area contributed by atoms with E-state index in [1.807, 2.05) is 18.2 Å². The Kier molecular flexibility index (Phi) is 11.3. The standard InChI is InChI=1S/C31H36N2O8/c1-7-11-26(32-17-21(34)18-40-22-12-9-8-10-13-22)41-25-15-14-23(37-4)16-24(25)29-27(30(35)38-5)19(2)33-20(3)28(29)31(36)39-6/h8-10,12-16,21,26-27,29,32,34H,17-18H2,1-6H3. The highest BCUT2D eigenvalue weighted by Crippen LogP contribution is 2.44. The third kappa shape index (κ3) is 7.87. The van der Waals surface area contributed by atoms with Crippen molar-refractivity contribution >= 4 is 17.7 Å². The SMILES string of the molecule is CC#CC(NCC(O)COc1ccccc1)Oc1ccc(OC)cc1C1C(C(=O)OC)=C(C)N=C(C)C1C(=O)OC. The van der Waals surface area contributed by atoms with Crippen LogP contribution in [0, 0.1) is 17.8 Å². The minimum atomic E-state index is -0.923. The molecule has 0 amide bonds. The lowest BCUT2D eigenvalue weighted by Gasteiger charge is -2.32. The minimum Gasteiger partial charge on any atom is -0.497 e. The smallest absolute Gasteiger partial charge is 0.336 e. The Bertz CT molecular complexity index is 1340. The number of carbonyl (C=O) groups is 2. The Morgan fingerprint density at radius 3 is 2.41 bits per heavy atom. The Morgan fingerprint density at radius 2 is 1.78 bits per heavy atom. The van der Waals surface area contributed by atoms with Gasteiger partial charge in [-0.1, -0.05) is 18.2 Å². The third-order valence-electron chi connectivity index (χ3n) is 6.49. The quantitative estimate of drug-likeness (QED) is 0.227. The number of nitrogens with zero attached hydrogens (tertiary/aromatic N) is 1. The summed E-state index contributed by atoms with van der Waals surface area (Å²) in [6, 6.07) is 14.3. The van der Waals surface area contributed by atoms with Crippen molar-refractivity contribution in [2.45, 2.75) is 39.0 Å². The highest BCUT2D eigenvalue weighted by atomic mass is 16.5. The van der Waals surface area contributed by atoms with Crippen molar-refractivity contribution in [3.05, 3.63) is 65.4 Å². The van der Waals surface area contributed by atoms with Crippen LogP contribution in [0.1, 0.15) is 32.3 Å². The van der Waals surface area contributed by atoms with Crippen LogP contribution in [-0.2, 0) is 19.1 Å². The first kappa shape index (κ1) is 31.2. The number of benzene rings is 2. The summed E-state index contributed by atoms with van der Waals surface area (Å²) in [6.07, 6.45) is -1.70. The fourth-order valence-electron chi connectivity index (χ4n) is 4.58. The van der Waals surface area contributed by atoms with Crippen molar-refractivity contribution in [3.63, 3.8) is 0 Å². The maximum Gasteiger partial charge on any atom is 0.336 e. The Balaban J connectivity index is 1.94. The number of esters is 2. The van der Waals surface area contributed by atoms with Gasteiger partial charge in [0.05, 0.1) is 26.9 Å². The van der Waals surface area contributed by atoms with Crippen LogP contribution in [0.5, 0.6) is 17.2 Å². The van der Waals surface area contributed by atoms with Crippen molar-refractivity contribution in [2.24, 2.45) is 10.9 Å². The number of rotatable bonds is 12. The average Bonchev–Trinajstić information content (AvgIpc) is 2.98. The molecule has 1 heterocycles. The van der Waals surface area contributed by atoms with E-state index >= 15 is 0 Å². The van der Waals surface area contributed by atoms with Crippen LogP contribution in [0.15, 0.2) is 64.8 Å². The molecule has 41 heavy (non-hydrogen) atoms. The van der Waals surface area contributed by atoms with Gasteiger partial charge in [-0.05, 0) is 57.0 Å². The van der Waals surface area contributed by atoms with Gasteiger partial charge in [0.2, 0.25) is 6.23 Å². The van der Waals surface area contributed by atoms with Gasteiger partial charge in [0.1, 0.15) is 35.9 Å². The van der Waals surface area contributed by atoms with Gasteiger partial charge in [-0.15, -0.1) is 5.92 Å². The molecule has 1 aliphatic heterocycles. The number of aliphatic imine (C=N–C) groups is 1. The molecular weight excluding hydrogens is 528 g/mol. The van der Waals surface area contributed by atoms with Gasteiger partial charge < -0.3 is 28.8 Å². The zero-order valence-corrected chi connectivity index (χ0v) is 24.1. The first-order valence-corrected chi connectivity index (χ1v) is 13.0. The predicted molar refractivity (Wildman–Crippen MR) is 153 cm³/mol. The molecule has 2 aromatic carbocycles. The molecule has 10 nitrogen and oxygen atoms in total. The molecule has 2 N–H and O–H groups in total. The van der Waals surface area contributed by atoms with Gasteiger partial charge in [-0.2, -0.15) is 0 Å². The number of para-hydroxylation sites is 1. The molecule has 10 heteroatoms. The Hall–Kier alpha value is -4.33. The lowest BCUT2D eigenvalue weighted by Crippen LogP contribution is -2.41. The summed E-state index contributed by atoms with van der Waals surface area (Å²) in [5.74, 6) is 4.27. The van der Waals surface area contributed by atoms with Crippen LogP contribution in [-0.4, -0.2) is 69.6 Å². The van der Waals surface area contributed by atoms with Gasteiger partial charge in [0.25, 0.3) is 0 Å². The van der Waals surface area contributed by atoms with Crippen LogP contribution in [0.3, 0.4) is 0 Å². The zero-order valence-electron chi connectivity index (χ0n) is 24.1. The fourth-order valence-corrected chi connectivity index (χ4v) is 4.58. The van der Waals surface area contributed by atoms with Crippen LogP contribution >= 0.6 is 0 Å². The second-order valence-corrected chi connectivity index (χ2v) is 9.20. The summed E-state index contributed by atoms with van der Waals surface area (Å²) in [7, 11) is 4.06. The van der Waals surface area contributed by atoms with Gasteiger partial charge >= 0.3 is 11.9 Å². The maximum absolute atomic E-state index is 13.0. The first-order chi connectivity index (χ1) is 19.7. The van der Waals surface area contributed by atoms with E-state index in [2.05, 4.69) is 22.2 Å². The summed E-state index contributed by atoms with van der Waals surface area (Å²) in [5, 5.41) is 13.6. The lowest BCUT2D eigenvalue weighted by atomic mass is 9.75. The van der Waals surface area contributed by atoms with Gasteiger partial charge in [-0.3, -0.25) is 15.1 Å². The molecule has 0 bridgehead atoms. The van der Waals surface area contributed by atoms with E-state index < -0.39 is 36.1 Å². The van der Waals surface area contributed by atoms with Crippen LogP contribution < -0.4 is 19.5 Å².